The van der Waals surface area contributed by atoms with Crippen molar-refractivity contribution in [2.45, 2.75) is 12.8 Å². The lowest BCUT2D eigenvalue weighted by Crippen LogP contribution is -2.35. The van der Waals surface area contributed by atoms with Crippen LogP contribution in [-0.4, -0.2) is 28.7 Å². The van der Waals surface area contributed by atoms with E-state index < -0.39 is 0 Å². The summed E-state index contributed by atoms with van der Waals surface area (Å²) in [5.41, 5.74) is 0.684. The highest BCUT2D eigenvalue weighted by atomic mass is 79.9. The Balaban J connectivity index is 2.19. The molecule has 0 bridgehead atoms. The van der Waals surface area contributed by atoms with E-state index in [1.807, 2.05) is 0 Å². The van der Waals surface area contributed by atoms with Crippen LogP contribution in [0.1, 0.15) is 23.3 Å². The minimum atomic E-state index is 0.102. The Hall–Kier alpha value is -0.680. The second-order valence-corrected chi connectivity index (χ2v) is 4.73. The number of hydrogen-bond acceptors (Lipinski definition) is 3. The minimum absolute atomic E-state index is 0.102. The van der Waals surface area contributed by atoms with Crippen LogP contribution < -0.4 is 5.32 Å². The van der Waals surface area contributed by atoms with Crippen molar-refractivity contribution in [3.63, 3.8) is 0 Å². The van der Waals surface area contributed by atoms with Gasteiger partial charge >= 0.3 is 0 Å². The van der Waals surface area contributed by atoms with E-state index in [-0.39, 0.29) is 11.7 Å². The normalized spacial score (nSPS) is 21.6. The van der Waals surface area contributed by atoms with Crippen molar-refractivity contribution < 1.29 is 4.79 Å². The van der Waals surface area contributed by atoms with Gasteiger partial charge in [0.15, 0.2) is 5.78 Å². The summed E-state index contributed by atoms with van der Waals surface area (Å²) >= 11 is 3.36. The number of hydrogen-bond donors (Lipinski definition) is 1. The zero-order valence-corrected chi connectivity index (χ0v) is 10.2. The van der Waals surface area contributed by atoms with Crippen molar-refractivity contribution in [3.05, 3.63) is 16.4 Å². The van der Waals surface area contributed by atoms with Crippen LogP contribution >= 0.6 is 15.9 Å². The standard InChI is InChI=1S/C10H14BrN3O/c1-14-9(8(11)6-13-14)10(15)7-3-2-4-12-5-7/h6-7,12H,2-5H2,1H3. The summed E-state index contributed by atoms with van der Waals surface area (Å²) in [6.07, 6.45) is 3.72. The number of aryl methyl sites for hydroxylation is 1. The average molecular weight is 272 g/mol. The van der Waals surface area contributed by atoms with Crippen LogP contribution in [0.2, 0.25) is 0 Å². The lowest BCUT2D eigenvalue weighted by Gasteiger charge is -2.21. The Morgan fingerprint density at radius 1 is 1.73 bits per heavy atom. The van der Waals surface area contributed by atoms with E-state index in [4.69, 9.17) is 0 Å². The molecule has 2 rings (SSSR count). The second-order valence-electron chi connectivity index (χ2n) is 3.87. The van der Waals surface area contributed by atoms with Gasteiger partial charge in [0.2, 0.25) is 0 Å². The maximum absolute atomic E-state index is 12.2. The number of Topliss-reactive ketones (excluding diaryl/α,β-unsaturated/α-hetero) is 1. The number of carbonyl (C=O) groups excluding carboxylic acids is 1. The zero-order valence-electron chi connectivity index (χ0n) is 8.66. The monoisotopic (exact) mass is 271 g/mol. The predicted molar refractivity (Wildman–Crippen MR) is 60.8 cm³/mol. The molecule has 1 unspecified atom stereocenters. The Morgan fingerprint density at radius 2 is 2.53 bits per heavy atom. The number of ketones is 1. The molecule has 2 heterocycles. The number of aromatic nitrogens is 2. The summed E-state index contributed by atoms with van der Waals surface area (Å²) in [4.78, 5) is 12.2. The quantitative estimate of drug-likeness (QED) is 0.827. The number of rotatable bonds is 2. The molecule has 82 valence electrons. The highest BCUT2D eigenvalue weighted by molar-refractivity contribution is 9.10. The molecule has 1 atom stereocenters. The van der Waals surface area contributed by atoms with Gasteiger partial charge in [-0.25, -0.2) is 0 Å². The molecule has 0 radical (unpaired) electrons. The van der Waals surface area contributed by atoms with Gasteiger partial charge in [0.05, 0.1) is 10.7 Å². The van der Waals surface area contributed by atoms with Crippen LogP contribution in [0, 0.1) is 5.92 Å². The third-order valence-electron chi connectivity index (χ3n) is 2.80. The molecular weight excluding hydrogens is 258 g/mol. The average Bonchev–Trinajstić information content (AvgIpc) is 2.59. The Morgan fingerprint density at radius 3 is 3.07 bits per heavy atom. The third kappa shape index (κ3) is 2.13. The maximum Gasteiger partial charge on any atom is 0.186 e. The summed E-state index contributed by atoms with van der Waals surface area (Å²) < 4.78 is 2.43. The van der Waals surface area contributed by atoms with Gasteiger partial charge in [-0.1, -0.05) is 0 Å². The summed E-state index contributed by atoms with van der Waals surface area (Å²) in [6, 6.07) is 0. The van der Waals surface area contributed by atoms with Crippen molar-refractivity contribution in [2.75, 3.05) is 13.1 Å². The fraction of sp³-hybridized carbons (Fsp3) is 0.600. The highest BCUT2D eigenvalue weighted by Crippen LogP contribution is 2.22. The lowest BCUT2D eigenvalue weighted by atomic mass is 9.93. The fourth-order valence-electron chi connectivity index (χ4n) is 1.96. The molecule has 1 aromatic heterocycles. The van der Waals surface area contributed by atoms with Crippen LogP contribution in [0.4, 0.5) is 0 Å². The molecule has 15 heavy (non-hydrogen) atoms. The molecule has 0 spiro atoms. The Bertz CT molecular complexity index is 349. The summed E-state index contributed by atoms with van der Waals surface area (Å²) in [5.74, 6) is 0.291. The predicted octanol–water partition coefficient (Wildman–Crippen LogP) is 1.36. The molecule has 0 aliphatic carbocycles. The largest absolute Gasteiger partial charge is 0.316 e. The van der Waals surface area contributed by atoms with Gasteiger partial charge in [0, 0.05) is 19.5 Å². The Kier molecular flexibility index (Phi) is 3.21. The molecule has 1 aromatic rings. The Labute approximate surface area is 97.2 Å². The topological polar surface area (TPSA) is 46.9 Å². The molecule has 1 fully saturated rings. The molecular formula is C10H14BrN3O. The zero-order chi connectivity index (χ0) is 10.8. The first kappa shape index (κ1) is 10.8. The van der Waals surface area contributed by atoms with E-state index in [9.17, 15) is 4.79 Å². The summed E-state index contributed by atoms with van der Waals surface area (Å²) in [5, 5.41) is 7.31. The highest BCUT2D eigenvalue weighted by Gasteiger charge is 2.26. The van der Waals surface area contributed by atoms with Gasteiger partial charge in [-0.05, 0) is 35.3 Å². The number of carbonyl (C=O) groups is 1. The first-order valence-electron chi connectivity index (χ1n) is 5.12. The first-order valence-corrected chi connectivity index (χ1v) is 5.92. The molecule has 1 aliphatic heterocycles. The minimum Gasteiger partial charge on any atom is -0.316 e. The van der Waals surface area contributed by atoms with Crippen molar-refractivity contribution in [2.24, 2.45) is 13.0 Å². The lowest BCUT2D eigenvalue weighted by molar-refractivity contribution is 0.0889. The van der Waals surface area contributed by atoms with Crippen molar-refractivity contribution in [3.8, 4) is 0 Å². The van der Waals surface area contributed by atoms with E-state index >= 15 is 0 Å². The molecule has 5 heteroatoms. The molecule has 0 aromatic carbocycles. The van der Waals surface area contributed by atoms with E-state index in [0.717, 1.165) is 30.4 Å². The smallest absolute Gasteiger partial charge is 0.186 e. The number of piperidine rings is 1. The molecule has 1 N–H and O–H groups in total. The van der Waals surface area contributed by atoms with Crippen LogP contribution in [0.15, 0.2) is 10.7 Å². The first-order chi connectivity index (χ1) is 7.20. The van der Waals surface area contributed by atoms with Crippen molar-refractivity contribution in [1.82, 2.24) is 15.1 Å². The van der Waals surface area contributed by atoms with Gasteiger partial charge in [-0.3, -0.25) is 9.48 Å². The fourth-order valence-corrected chi connectivity index (χ4v) is 2.50. The van der Waals surface area contributed by atoms with Gasteiger partial charge in [-0.15, -0.1) is 0 Å². The van der Waals surface area contributed by atoms with E-state index in [0.29, 0.717) is 5.69 Å². The number of halogens is 1. The van der Waals surface area contributed by atoms with Gasteiger partial charge in [0.1, 0.15) is 5.69 Å². The number of nitrogens with zero attached hydrogens (tertiary/aromatic N) is 2. The van der Waals surface area contributed by atoms with Gasteiger partial charge in [0.25, 0.3) is 0 Å². The van der Waals surface area contributed by atoms with E-state index in [1.54, 1.807) is 17.9 Å². The second kappa shape index (κ2) is 4.45. The molecule has 1 saturated heterocycles. The third-order valence-corrected chi connectivity index (χ3v) is 3.38. The van der Waals surface area contributed by atoms with E-state index in [1.165, 1.54) is 0 Å². The molecule has 0 saturated carbocycles. The summed E-state index contributed by atoms with van der Waals surface area (Å²) in [6.45, 7) is 1.81. The molecule has 4 nitrogen and oxygen atoms in total. The van der Waals surface area contributed by atoms with Crippen LogP contribution in [0.25, 0.3) is 0 Å². The van der Waals surface area contributed by atoms with Crippen LogP contribution in [0.3, 0.4) is 0 Å². The molecule has 0 amide bonds. The van der Waals surface area contributed by atoms with Crippen molar-refractivity contribution >= 4 is 21.7 Å². The van der Waals surface area contributed by atoms with Crippen LogP contribution in [0.5, 0.6) is 0 Å². The van der Waals surface area contributed by atoms with Crippen LogP contribution in [-0.2, 0) is 7.05 Å². The SMILES string of the molecule is Cn1ncc(Br)c1C(=O)C1CCCNC1. The maximum atomic E-state index is 12.2. The van der Waals surface area contributed by atoms with Gasteiger partial charge in [-0.2, -0.15) is 5.10 Å². The van der Waals surface area contributed by atoms with Gasteiger partial charge < -0.3 is 5.32 Å². The van der Waals surface area contributed by atoms with Crippen molar-refractivity contribution in [1.29, 1.82) is 0 Å². The number of nitrogens with one attached hydrogen (secondary N) is 1. The summed E-state index contributed by atoms with van der Waals surface area (Å²) in [7, 11) is 1.80. The molecule has 1 aliphatic rings. The van der Waals surface area contributed by atoms with E-state index in [2.05, 4.69) is 26.3 Å².